The van der Waals surface area contributed by atoms with Crippen LogP contribution in [0, 0.1) is 0 Å². The number of benzene rings is 1. The van der Waals surface area contributed by atoms with Gasteiger partial charge in [0.2, 0.25) is 5.60 Å². The third-order valence-electron chi connectivity index (χ3n) is 5.52. The zero-order valence-electron chi connectivity index (χ0n) is 14.7. The number of rotatable bonds is 7. The summed E-state index contributed by atoms with van der Waals surface area (Å²) in [6.07, 6.45) is 1.49. The molecule has 2 rings (SSSR count). The molecule has 1 aliphatic rings. The minimum Gasteiger partial charge on any atom is -0.375 e. The molecule has 7 N–H and O–H groups in total. The van der Waals surface area contributed by atoms with Crippen molar-refractivity contribution in [3.05, 3.63) is 34.9 Å². The van der Waals surface area contributed by atoms with E-state index in [1.807, 2.05) is 12.1 Å². The lowest BCUT2D eigenvalue weighted by atomic mass is 9.58. The van der Waals surface area contributed by atoms with Crippen molar-refractivity contribution in [1.29, 1.82) is 0 Å². The average Bonchev–Trinajstić information content (AvgIpc) is 2.44. The third-order valence-corrected chi connectivity index (χ3v) is 5.78. The summed E-state index contributed by atoms with van der Waals surface area (Å²) in [5.41, 5.74) is -3.14. The molecular formula is C17H26ClNO7. The van der Waals surface area contributed by atoms with Gasteiger partial charge in [-0.2, -0.15) is 0 Å². The minimum atomic E-state index is -3.95. The summed E-state index contributed by atoms with van der Waals surface area (Å²) < 4.78 is 0. The first-order chi connectivity index (χ1) is 11.7. The van der Waals surface area contributed by atoms with E-state index in [2.05, 4.69) is 0 Å². The van der Waals surface area contributed by atoms with Gasteiger partial charge >= 0.3 is 11.9 Å². The Morgan fingerprint density at radius 2 is 1.42 bits per heavy atom. The molecule has 0 bridgehead atoms. The predicted molar refractivity (Wildman–Crippen MR) is 92.8 cm³/mol. The van der Waals surface area contributed by atoms with Crippen molar-refractivity contribution < 1.29 is 35.7 Å². The summed E-state index contributed by atoms with van der Waals surface area (Å²) in [4.78, 5) is 1.66. The molecule has 0 aliphatic heterocycles. The van der Waals surface area contributed by atoms with Gasteiger partial charge in [0.1, 0.15) is 0 Å². The largest absolute Gasteiger partial charge is 0.375 e. The van der Waals surface area contributed by atoms with Gasteiger partial charge in [-0.1, -0.05) is 30.2 Å². The Balaban J connectivity index is 2.49. The number of hydrogen-bond acceptors (Lipinski definition) is 8. The second-order valence-corrected chi connectivity index (χ2v) is 7.77. The summed E-state index contributed by atoms with van der Waals surface area (Å²) in [6, 6.07) is 6.35. The number of halogens is 1. The predicted octanol–water partition coefficient (Wildman–Crippen LogP) is -0.925. The van der Waals surface area contributed by atoms with Crippen molar-refractivity contribution in [3.8, 4) is 0 Å². The molecule has 0 amide bonds. The minimum absolute atomic E-state index is 0.543. The molecule has 1 atom stereocenters. The first-order valence-electron chi connectivity index (χ1n) is 8.24. The highest BCUT2D eigenvalue weighted by atomic mass is 35.5. The van der Waals surface area contributed by atoms with Crippen LogP contribution >= 0.6 is 11.6 Å². The molecule has 8 nitrogen and oxygen atoms in total. The fourth-order valence-corrected chi connectivity index (χ4v) is 3.93. The monoisotopic (exact) mass is 391 g/mol. The first-order valence-corrected chi connectivity index (χ1v) is 8.61. The molecule has 1 aliphatic carbocycles. The summed E-state index contributed by atoms with van der Waals surface area (Å²) in [6.45, 7) is 0. The molecular weight excluding hydrogens is 366 g/mol. The van der Waals surface area contributed by atoms with Crippen LogP contribution in [0.1, 0.15) is 31.2 Å². The summed E-state index contributed by atoms with van der Waals surface area (Å²) in [7, 11) is 3.34. The molecule has 148 valence electrons. The van der Waals surface area contributed by atoms with Gasteiger partial charge in [0.05, 0.1) is 0 Å². The van der Waals surface area contributed by atoms with Gasteiger partial charge in [-0.3, -0.25) is 0 Å². The van der Waals surface area contributed by atoms with Crippen molar-refractivity contribution in [2.75, 3.05) is 14.1 Å². The van der Waals surface area contributed by atoms with E-state index in [4.69, 9.17) is 11.6 Å². The Labute approximate surface area is 156 Å². The van der Waals surface area contributed by atoms with E-state index in [9.17, 15) is 35.7 Å². The molecule has 1 aromatic carbocycles. The van der Waals surface area contributed by atoms with E-state index >= 15 is 0 Å². The van der Waals surface area contributed by atoms with Gasteiger partial charge in [-0.25, -0.2) is 0 Å². The van der Waals surface area contributed by atoms with E-state index in [0.717, 1.165) is 12.0 Å². The van der Waals surface area contributed by atoms with Crippen LogP contribution in [-0.4, -0.2) is 78.3 Å². The highest BCUT2D eigenvalue weighted by molar-refractivity contribution is 6.30. The van der Waals surface area contributed by atoms with Gasteiger partial charge in [0.25, 0.3) is 0 Å². The second kappa shape index (κ2) is 6.97. The fraction of sp³-hybridized carbons (Fsp3) is 0.647. The molecule has 0 aromatic heterocycles. The average molecular weight is 392 g/mol. The maximum Gasteiger partial charge on any atom is 0.314 e. The van der Waals surface area contributed by atoms with Crippen LogP contribution in [0.2, 0.25) is 5.02 Å². The van der Waals surface area contributed by atoms with Crippen molar-refractivity contribution in [1.82, 2.24) is 4.90 Å². The molecule has 9 heteroatoms. The summed E-state index contributed by atoms with van der Waals surface area (Å²) in [5.74, 6) is -7.91. The lowest BCUT2D eigenvalue weighted by Crippen LogP contribution is -2.71. The SMILES string of the molecule is CN(C)C(CC(O)(C(O)(O)O)C(O)(O)O)C1(c2ccc(Cl)cc2)CCC1. The van der Waals surface area contributed by atoms with Gasteiger partial charge in [0, 0.05) is 22.9 Å². The maximum absolute atomic E-state index is 10.4. The van der Waals surface area contributed by atoms with Crippen LogP contribution < -0.4 is 0 Å². The van der Waals surface area contributed by atoms with Crippen LogP contribution in [0.3, 0.4) is 0 Å². The molecule has 0 radical (unpaired) electrons. The van der Waals surface area contributed by atoms with Crippen LogP contribution in [0.5, 0.6) is 0 Å². The van der Waals surface area contributed by atoms with Gasteiger partial charge < -0.3 is 40.6 Å². The Hall–Kier alpha value is -0.810. The maximum atomic E-state index is 10.4. The summed E-state index contributed by atoms with van der Waals surface area (Å²) in [5, 5.41) is 68.0. The number of hydrogen-bond donors (Lipinski definition) is 7. The van der Waals surface area contributed by atoms with E-state index in [1.54, 1.807) is 31.1 Å². The van der Waals surface area contributed by atoms with E-state index in [1.165, 1.54) is 0 Å². The molecule has 26 heavy (non-hydrogen) atoms. The lowest BCUT2D eigenvalue weighted by molar-refractivity contribution is -0.497. The highest BCUT2D eigenvalue weighted by Gasteiger charge is 2.64. The number of likely N-dealkylation sites (N-methyl/N-ethyl adjacent to an activating group) is 1. The van der Waals surface area contributed by atoms with Crippen molar-refractivity contribution in [2.45, 2.75) is 54.7 Å². The van der Waals surface area contributed by atoms with Crippen molar-refractivity contribution in [2.24, 2.45) is 0 Å². The van der Waals surface area contributed by atoms with Crippen molar-refractivity contribution in [3.63, 3.8) is 0 Å². The Kier molecular flexibility index (Phi) is 5.76. The Morgan fingerprint density at radius 3 is 1.73 bits per heavy atom. The Morgan fingerprint density at radius 1 is 0.962 bits per heavy atom. The van der Waals surface area contributed by atoms with Crippen LogP contribution in [0.25, 0.3) is 0 Å². The topological polar surface area (TPSA) is 145 Å². The standard InChI is InChI=1S/C17H26ClNO7/c1-19(2)13(10-15(20,16(21,22)23)17(24,25)26)14(8-3-9-14)11-4-6-12(18)7-5-11/h4-7,13,20-26H,3,8-10H2,1-2H3. The normalized spacial score (nSPS) is 19.3. The van der Waals surface area contributed by atoms with Crippen molar-refractivity contribution >= 4 is 11.6 Å². The zero-order valence-corrected chi connectivity index (χ0v) is 15.4. The highest BCUT2D eigenvalue weighted by Crippen LogP contribution is 2.51. The van der Waals surface area contributed by atoms with Gasteiger partial charge in [-0.05, 0) is 44.6 Å². The first kappa shape index (κ1) is 21.5. The van der Waals surface area contributed by atoms with Gasteiger partial charge in [-0.15, -0.1) is 0 Å². The quantitative estimate of drug-likeness (QED) is 0.295. The van der Waals surface area contributed by atoms with Crippen LogP contribution in [0.15, 0.2) is 24.3 Å². The molecule has 1 unspecified atom stereocenters. The molecule has 0 heterocycles. The molecule has 1 fully saturated rings. The third kappa shape index (κ3) is 3.62. The van der Waals surface area contributed by atoms with E-state index in [-0.39, 0.29) is 0 Å². The smallest absolute Gasteiger partial charge is 0.314 e. The van der Waals surface area contributed by atoms with E-state index in [0.29, 0.717) is 17.9 Å². The van der Waals surface area contributed by atoms with Crippen LogP contribution in [0.4, 0.5) is 0 Å². The molecule has 0 saturated heterocycles. The fourth-order valence-electron chi connectivity index (χ4n) is 3.80. The van der Waals surface area contributed by atoms with Crippen LogP contribution in [-0.2, 0) is 5.41 Å². The summed E-state index contributed by atoms with van der Waals surface area (Å²) >= 11 is 5.94. The molecule has 0 spiro atoms. The number of aliphatic hydroxyl groups is 7. The second-order valence-electron chi connectivity index (χ2n) is 7.33. The lowest BCUT2D eigenvalue weighted by Gasteiger charge is -2.54. The van der Waals surface area contributed by atoms with Gasteiger partial charge in [0.15, 0.2) is 0 Å². The molecule has 1 aromatic rings. The zero-order chi connectivity index (χ0) is 20.0. The molecule has 1 saturated carbocycles. The number of nitrogens with zero attached hydrogens (tertiary/aromatic N) is 1. The van der Waals surface area contributed by atoms with E-state index < -0.39 is 35.4 Å². The Bertz CT molecular complexity index is 603.